The maximum atomic E-state index is 11.5. The lowest BCUT2D eigenvalue weighted by Gasteiger charge is -2.26. The van der Waals surface area contributed by atoms with Crippen LogP contribution in [0.5, 0.6) is 0 Å². The maximum Gasteiger partial charge on any atom is 0.234 e. The summed E-state index contributed by atoms with van der Waals surface area (Å²) >= 11 is 0. The van der Waals surface area contributed by atoms with E-state index in [1.54, 1.807) is 0 Å². The Labute approximate surface area is 98.6 Å². The van der Waals surface area contributed by atoms with Gasteiger partial charge in [-0.1, -0.05) is 19.8 Å². The summed E-state index contributed by atoms with van der Waals surface area (Å²) in [7, 11) is 0. The Balaban J connectivity index is 2.36. The molecule has 1 amide bonds. The Morgan fingerprint density at radius 1 is 1.50 bits per heavy atom. The van der Waals surface area contributed by atoms with Gasteiger partial charge in [0.2, 0.25) is 5.91 Å². The molecule has 1 heterocycles. The zero-order chi connectivity index (χ0) is 12.0. The van der Waals surface area contributed by atoms with E-state index in [0.717, 1.165) is 13.1 Å². The molecule has 0 spiro atoms. The van der Waals surface area contributed by atoms with Gasteiger partial charge in [-0.2, -0.15) is 0 Å². The average Bonchev–Trinajstić information content (AvgIpc) is 2.70. The van der Waals surface area contributed by atoms with E-state index in [0.29, 0.717) is 18.5 Å². The number of amides is 1. The van der Waals surface area contributed by atoms with Crippen molar-refractivity contribution in [1.29, 1.82) is 0 Å². The standard InChI is InChI=1S/C13H22N2O/c1-4-8-14-12(16)10-15-9-7-13(5-2,6-3)11-15/h1H,5-11H2,2-3H3,(H,14,16). The van der Waals surface area contributed by atoms with Crippen molar-refractivity contribution in [2.24, 2.45) is 5.41 Å². The molecule has 0 aliphatic carbocycles. The van der Waals surface area contributed by atoms with Gasteiger partial charge in [-0.3, -0.25) is 9.69 Å². The summed E-state index contributed by atoms with van der Waals surface area (Å²) in [6.45, 7) is 7.38. The summed E-state index contributed by atoms with van der Waals surface area (Å²) in [5, 5.41) is 2.71. The predicted molar refractivity (Wildman–Crippen MR) is 65.9 cm³/mol. The zero-order valence-corrected chi connectivity index (χ0v) is 10.4. The van der Waals surface area contributed by atoms with Crippen molar-refractivity contribution in [3.05, 3.63) is 0 Å². The van der Waals surface area contributed by atoms with Crippen molar-refractivity contribution in [3.63, 3.8) is 0 Å². The first-order chi connectivity index (χ1) is 7.65. The van der Waals surface area contributed by atoms with Crippen molar-refractivity contribution < 1.29 is 4.79 Å². The molecule has 0 aromatic heterocycles. The van der Waals surface area contributed by atoms with E-state index < -0.39 is 0 Å². The van der Waals surface area contributed by atoms with Crippen molar-refractivity contribution >= 4 is 5.91 Å². The monoisotopic (exact) mass is 222 g/mol. The highest BCUT2D eigenvalue weighted by Gasteiger charge is 2.35. The number of rotatable bonds is 5. The molecule has 1 aliphatic rings. The fraction of sp³-hybridized carbons (Fsp3) is 0.769. The van der Waals surface area contributed by atoms with Gasteiger partial charge in [0.1, 0.15) is 0 Å². The van der Waals surface area contributed by atoms with E-state index >= 15 is 0 Å². The molecule has 0 atom stereocenters. The molecule has 0 unspecified atom stereocenters. The van der Waals surface area contributed by atoms with Crippen LogP contribution in [0.25, 0.3) is 0 Å². The Bertz CT molecular complexity index is 276. The first-order valence-electron chi connectivity index (χ1n) is 6.08. The minimum Gasteiger partial charge on any atom is -0.344 e. The molecule has 16 heavy (non-hydrogen) atoms. The smallest absolute Gasteiger partial charge is 0.234 e. The molecule has 1 N–H and O–H groups in total. The lowest BCUT2D eigenvalue weighted by Crippen LogP contribution is -2.37. The summed E-state index contributed by atoms with van der Waals surface area (Å²) < 4.78 is 0. The third-order valence-corrected chi connectivity index (χ3v) is 3.77. The van der Waals surface area contributed by atoms with Gasteiger partial charge >= 0.3 is 0 Å². The van der Waals surface area contributed by atoms with E-state index in [1.807, 2.05) is 0 Å². The van der Waals surface area contributed by atoms with E-state index in [4.69, 9.17) is 6.42 Å². The van der Waals surface area contributed by atoms with Crippen LogP contribution in [-0.4, -0.2) is 37.0 Å². The summed E-state index contributed by atoms with van der Waals surface area (Å²) in [5.41, 5.74) is 0.437. The van der Waals surface area contributed by atoms with Crippen LogP contribution in [0, 0.1) is 17.8 Å². The van der Waals surface area contributed by atoms with Gasteiger partial charge < -0.3 is 5.32 Å². The van der Waals surface area contributed by atoms with Gasteiger partial charge in [0.15, 0.2) is 0 Å². The topological polar surface area (TPSA) is 32.3 Å². The van der Waals surface area contributed by atoms with Crippen molar-refractivity contribution in [2.45, 2.75) is 33.1 Å². The largest absolute Gasteiger partial charge is 0.344 e. The first kappa shape index (κ1) is 13.1. The molecule has 3 nitrogen and oxygen atoms in total. The fourth-order valence-electron chi connectivity index (χ4n) is 2.40. The molecule has 1 saturated heterocycles. The number of nitrogens with zero attached hydrogens (tertiary/aromatic N) is 1. The van der Waals surface area contributed by atoms with Crippen LogP contribution in [0.15, 0.2) is 0 Å². The Hall–Kier alpha value is -1.01. The molecule has 1 rings (SSSR count). The number of likely N-dealkylation sites (tertiary alicyclic amines) is 1. The first-order valence-corrected chi connectivity index (χ1v) is 6.08. The highest BCUT2D eigenvalue weighted by atomic mass is 16.2. The zero-order valence-electron chi connectivity index (χ0n) is 10.4. The molecule has 0 aromatic rings. The van der Waals surface area contributed by atoms with Crippen molar-refractivity contribution in [2.75, 3.05) is 26.2 Å². The number of carbonyl (C=O) groups is 1. The van der Waals surface area contributed by atoms with Crippen LogP contribution >= 0.6 is 0 Å². The normalized spacial score (nSPS) is 19.3. The van der Waals surface area contributed by atoms with E-state index in [1.165, 1.54) is 19.3 Å². The number of hydrogen-bond donors (Lipinski definition) is 1. The quantitative estimate of drug-likeness (QED) is 0.710. The number of terminal acetylenes is 1. The van der Waals surface area contributed by atoms with Gasteiger partial charge in [0.25, 0.3) is 0 Å². The molecular weight excluding hydrogens is 200 g/mol. The van der Waals surface area contributed by atoms with Gasteiger partial charge in [-0.05, 0) is 31.2 Å². The summed E-state index contributed by atoms with van der Waals surface area (Å²) in [5.74, 6) is 2.45. The van der Waals surface area contributed by atoms with Crippen LogP contribution in [0.3, 0.4) is 0 Å². The third-order valence-electron chi connectivity index (χ3n) is 3.77. The Morgan fingerprint density at radius 3 is 2.69 bits per heavy atom. The lowest BCUT2D eigenvalue weighted by atomic mass is 9.82. The van der Waals surface area contributed by atoms with Crippen LogP contribution in [0.2, 0.25) is 0 Å². The van der Waals surface area contributed by atoms with Gasteiger partial charge in [0, 0.05) is 6.54 Å². The molecule has 0 aromatic carbocycles. The molecule has 0 radical (unpaired) electrons. The Kier molecular flexibility index (Phi) is 4.82. The highest BCUT2D eigenvalue weighted by Crippen LogP contribution is 2.36. The molecule has 0 bridgehead atoms. The second-order valence-corrected chi connectivity index (χ2v) is 4.65. The summed E-state index contributed by atoms with van der Waals surface area (Å²) in [6, 6.07) is 0. The maximum absolute atomic E-state index is 11.5. The molecular formula is C13H22N2O. The van der Waals surface area contributed by atoms with E-state index in [-0.39, 0.29) is 5.91 Å². The van der Waals surface area contributed by atoms with E-state index in [2.05, 4.69) is 30.0 Å². The molecule has 3 heteroatoms. The van der Waals surface area contributed by atoms with Crippen molar-refractivity contribution in [1.82, 2.24) is 10.2 Å². The van der Waals surface area contributed by atoms with Crippen molar-refractivity contribution in [3.8, 4) is 12.3 Å². The lowest BCUT2D eigenvalue weighted by molar-refractivity contribution is -0.121. The third kappa shape index (κ3) is 3.24. The number of carbonyl (C=O) groups excluding carboxylic acids is 1. The average molecular weight is 222 g/mol. The molecule has 1 fully saturated rings. The van der Waals surface area contributed by atoms with Crippen LogP contribution in [-0.2, 0) is 4.79 Å². The van der Waals surface area contributed by atoms with Gasteiger partial charge in [0.05, 0.1) is 13.1 Å². The van der Waals surface area contributed by atoms with Gasteiger partial charge in [-0.15, -0.1) is 6.42 Å². The Morgan fingerprint density at radius 2 is 2.19 bits per heavy atom. The van der Waals surface area contributed by atoms with E-state index in [9.17, 15) is 4.79 Å². The second-order valence-electron chi connectivity index (χ2n) is 4.65. The minimum absolute atomic E-state index is 0.0426. The number of nitrogens with one attached hydrogen (secondary N) is 1. The van der Waals surface area contributed by atoms with Crippen LogP contribution < -0.4 is 5.32 Å². The molecule has 1 aliphatic heterocycles. The second kappa shape index (κ2) is 5.91. The van der Waals surface area contributed by atoms with Gasteiger partial charge in [-0.25, -0.2) is 0 Å². The summed E-state index contributed by atoms with van der Waals surface area (Å²) in [6.07, 6.45) is 8.70. The molecule has 0 saturated carbocycles. The number of hydrogen-bond acceptors (Lipinski definition) is 2. The van der Waals surface area contributed by atoms with Crippen LogP contribution in [0.1, 0.15) is 33.1 Å². The SMILES string of the molecule is C#CCNC(=O)CN1CCC(CC)(CC)C1. The summed E-state index contributed by atoms with van der Waals surface area (Å²) in [4.78, 5) is 13.7. The fourth-order valence-corrected chi connectivity index (χ4v) is 2.40. The predicted octanol–water partition coefficient (Wildman–Crippen LogP) is 1.25. The highest BCUT2D eigenvalue weighted by molar-refractivity contribution is 5.78. The van der Waals surface area contributed by atoms with Crippen LogP contribution in [0.4, 0.5) is 0 Å². The minimum atomic E-state index is 0.0426. The molecule has 90 valence electrons.